The third kappa shape index (κ3) is 5.82. The van der Waals surface area contributed by atoms with E-state index >= 15 is 0 Å². The van der Waals surface area contributed by atoms with E-state index in [9.17, 15) is 19.5 Å². The molecule has 8 heteroatoms. The predicted molar refractivity (Wildman–Crippen MR) is 117 cm³/mol. The lowest BCUT2D eigenvalue weighted by Gasteiger charge is -2.22. The van der Waals surface area contributed by atoms with Gasteiger partial charge in [0.25, 0.3) is 0 Å². The summed E-state index contributed by atoms with van der Waals surface area (Å²) in [6.45, 7) is 0.367. The van der Waals surface area contributed by atoms with Gasteiger partial charge in [-0.15, -0.1) is 0 Å². The smallest absolute Gasteiger partial charge is 0.243 e. The number of phenols is 1. The number of benzene rings is 2. The fourth-order valence-electron chi connectivity index (χ4n) is 3.68. The van der Waals surface area contributed by atoms with E-state index in [1.165, 1.54) is 0 Å². The van der Waals surface area contributed by atoms with Crippen LogP contribution in [0.4, 0.5) is 0 Å². The summed E-state index contributed by atoms with van der Waals surface area (Å²) in [5, 5.41) is 15.6. The van der Waals surface area contributed by atoms with Crippen molar-refractivity contribution < 1.29 is 19.5 Å². The largest absolute Gasteiger partial charge is 0.508 e. The Hall–Kier alpha value is -3.39. The van der Waals surface area contributed by atoms with E-state index in [1.54, 1.807) is 12.1 Å². The lowest BCUT2D eigenvalue weighted by Crippen LogP contribution is -2.53. The van der Waals surface area contributed by atoms with Crippen LogP contribution in [-0.4, -0.2) is 41.5 Å². The van der Waals surface area contributed by atoms with Crippen molar-refractivity contribution in [2.75, 3.05) is 6.54 Å². The minimum atomic E-state index is -0.916. The predicted octanol–water partition coefficient (Wildman–Crippen LogP) is 0.742. The molecule has 1 aliphatic rings. The molecule has 1 heterocycles. The van der Waals surface area contributed by atoms with Gasteiger partial charge in [-0.1, -0.05) is 30.3 Å². The van der Waals surface area contributed by atoms with Crippen LogP contribution < -0.4 is 22.1 Å². The fraction of sp³-hybridized carbons (Fsp3) is 0.348. The van der Waals surface area contributed by atoms with Crippen molar-refractivity contribution in [1.82, 2.24) is 10.6 Å². The summed E-state index contributed by atoms with van der Waals surface area (Å²) in [7, 11) is 0. The van der Waals surface area contributed by atoms with Gasteiger partial charge in [-0.25, -0.2) is 0 Å². The second kappa shape index (κ2) is 10.1. The number of phenolic OH excluding ortho intramolecular Hbond substituents is 1. The molecule has 0 spiro atoms. The first-order valence-electron chi connectivity index (χ1n) is 10.4. The number of carbonyl (C=O) groups excluding carboxylic acids is 3. The number of nitrogens with two attached hydrogens (primary N) is 2. The van der Waals surface area contributed by atoms with Crippen LogP contribution in [-0.2, 0) is 27.2 Å². The topological polar surface area (TPSA) is 148 Å². The van der Waals surface area contributed by atoms with E-state index < -0.39 is 23.9 Å². The van der Waals surface area contributed by atoms with Crippen LogP contribution in [0.1, 0.15) is 30.4 Å². The van der Waals surface area contributed by atoms with Crippen molar-refractivity contribution in [2.24, 2.45) is 11.5 Å². The summed E-state index contributed by atoms with van der Waals surface area (Å²) < 4.78 is 0. The van der Waals surface area contributed by atoms with Gasteiger partial charge in [0.05, 0.1) is 0 Å². The fourth-order valence-corrected chi connectivity index (χ4v) is 3.68. The van der Waals surface area contributed by atoms with Gasteiger partial charge in [-0.2, -0.15) is 0 Å². The zero-order chi connectivity index (χ0) is 22.4. The molecule has 0 radical (unpaired) electrons. The Morgan fingerprint density at radius 2 is 1.84 bits per heavy atom. The van der Waals surface area contributed by atoms with E-state index in [-0.39, 0.29) is 24.5 Å². The van der Waals surface area contributed by atoms with Gasteiger partial charge in [0.2, 0.25) is 17.7 Å². The molecule has 164 valence electrons. The Labute approximate surface area is 181 Å². The summed E-state index contributed by atoms with van der Waals surface area (Å²) in [5.41, 5.74) is 14.4. The van der Waals surface area contributed by atoms with Crippen LogP contribution >= 0.6 is 0 Å². The number of aryl methyl sites for hydroxylation is 1. The van der Waals surface area contributed by atoms with E-state index in [0.29, 0.717) is 31.4 Å². The minimum absolute atomic E-state index is 0.0999. The summed E-state index contributed by atoms with van der Waals surface area (Å²) >= 11 is 0. The quantitative estimate of drug-likeness (QED) is 0.491. The van der Waals surface area contributed by atoms with E-state index in [0.717, 1.165) is 16.7 Å². The summed E-state index contributed by atoms with van der Waals surface area (Å²) in [4.78, 5) is 37.4. The zero-order valence-corrected chi connectivity index (χ0v) is 17.3. The van der Waals surface area contributed by atoms with Gasteiger partial charge < -0.3 is 27.2 Å². The molecule has 3 amide bonds. The minimum Gasteiger partial charge on any atom is -0.508 e. The number of amides is 3. The number of aromatic hydroxyl groups is 1. The van der Waals surface area contributed by atoms with Crippen molar-refractivity contribution in [3.63, 3.8) is 0 Å². The van der Waals surface area contributed by atoms with Crippen LogP contribution in [0.25, 0.3) is 11.1 Å². The van der Waals surface area contributed by atoms with E-state index in [4.69, 9.17) is 11.5 Å². The normalized spacial score (nSPS) is 19.5. The third-order valence-corrected chi connectivity index (χ3v) is 5.41. The lowest BCUT2D eigenvalue weighted by molar-refractivity contribution is -0.131. The van der Waals surface area contributed by atoms with E-state index in [1.807, 2.05) is 30.3 Å². The molecule has 2 atom stereocenters. The number of carbonyl (C=O) groups is 3. The molecule has 0 fully saturated rings. The van der Waals surface area contributed by atoms with Crippen molar-refractivity contribution in [3.05, 3.63) is 53.6 Å². The van der Waals surface area contributed by atoms with Gasteiger partial charge in [-0.3, -0.25) is 14.4 Å². The average Bonchev–Trinajstić information content (AvgIpc) is 2.75. The molecule has 3 rings (SSSR count). The first-order chi connectivity index (χ1) is 14.9. The van der Waals surface area contributed by atoms with Crippen LogP contribution in [0.2, 0.25) is 0 Å². The van der Waals surface area contributed by atoms with Crippen molar-refractivity contribution in [3.8, 4) is 16.9 Å². The molecule has 2 aromatic rings. The maximum Gasteiger partial charge on any atom is 0.243 e. The van der Waals surface area contributed by atoms with Crippen molar-refractivity contribution in [1.29, 1.82) is 0 Å². The first kappa shape index (κ1) is 22.3. The van der Waals surface area contributed by atoms with Crippen LogP contribution in [0.5, 0.6) is 5.75 Å². The standard InChI is InChI=1S/C23H28N4O4/c24-10-2-5-18-23(31)27-19(22(25)30)12-14-3-1-4-15(11-14)16-6-8-20(28)17(13-16)7-9-21(29)26-18/h1,3-4,6,8,11,13,18-19,28H,2,5,7,9-10,12,24H2,(H2,25,30)(H,26,29)(H,27,31). The highest BCUT2D eigenvalue weighted by Crippen LogP contribution is 2.28. The number of rotatable bonds is 4. The molecule has 0 aliphatic carbocycles. The molecule has 8 nitrogen and oxygen atoms in total. The molecule has 4 bridgehead atoms. The van der Waals surface area contributed by atoms with Gasteiger partial charge in [0.15, 0.2) is 0 Å². The second-order valence-corrected chi connectivity index (χ2v) is 7.76. The number of primary amides is 1. The molecular weight excluding hydrogens is 396 g/mol. The maximum atomic E-state index is 12.8. The molecule has 1 aliphatic heterocycles. The number of hydrogen-bond acceptors (Lipinski definition) is 5. The molecule has 2 unspecified atom stereocenters. The Balaban J connectivity index is 2.00. The summed E-state index contributed by atoms with van der Waals surface area (Å²) in [6.07, 6.45) is 1.51. The number of fused-ring (bicyclic) bond motifs is 5. The molecule has 0 aromatic heterocycles. The highest BCUT2D eigenvalue weighted by molar-refractivity contribution is 5.91. The zero-order valence-electron chi connectivity index (χ0n) is 17.3. The lowest BCUT2D eigenvalue weighted by atomic mass is 9.96. The Morgan fingerprint density at radius 1 is 1.06 bits per heavy atom. The number of nitrogens with one attached hydrogen (secondary N) is 2. The molecule has 2 aromatic carbocycles. The van der Waals surface area contributed by atoms with Crippen LogP contribution in [0.3, 0.4) is 0 Å². The van der Waals surface area contributed by atoms with Gasteiger partial charge in [0, 0.05) is 12.8 Å². The van der Waals surface area contributed by atoms with Gasteiger partial charge in [0.1, 0.15) is 17.8 Å². The average molecular weight is 425 g/mol. The number of hydrogen-bond donors (Lipinski definition) is 5. The monoisotopic (exact) mass is 424 g/mol. The molecule has 0 saturated heterocycles. The molecular formula is C23H28N4O4. The van der Waals surface area contributed by atoms with E-state index in [2.05, 4.69) is 10.6 Å². The first-order valence-corrected chi connectivity index (χ1v) is 10.4. The molecule has 31 heavy (non-hydrogen) atoms. The van der Waals surface area contributed by atoms with Crippen molar-refractivity contribution >= 4 is 17.7 Å². The second-order valence-electron chi connectivity index (χ2n) is 7.76. The van der Waals surface area contributed by atoms with Crippen LogP contribution in [0.15, 0.2) is 42.5 Å². The van der Waals surface area contributed by atoms with Crippen LogP contribution in [0, 0.1) is 0 Å². The SMILES string of the molecule is NCCCC1NC(=O)CCc2cc(ccc2O)-c2cccc(c2)CC(C(N)=O)NC1=O. The summed E-state index contributed by atoms with van der Waals surface area (Å²) in [6, 6.07) is 11.1. The van der Waals surface area contributed by atoms with Gasteiger partial charge >= 0.3 is 0 Å². The highest BCUT2D eigenvalue weighted by atomic mass is 16.3. The molecule has 7 N–H and O–H groups in total. The Bertz CT molecular complexity index is 976. The Morgan fingerprint density at radius 3 is 2.58 bits per heavy atom. The summed E-state index contributed by atoms with van der Waals surface area (Å²) in [5.74, 6) is -1.34. The Kier molecular flexibility index (Phi) is 7.25. The van der Waals surface area contributed by atoms with Crippen molar-refractivity contribution in [2.45, 2.75) is 44.2 Å². The third-order valence-electron chi connectivity index (χ3n) is 5.41. The maximum absolute atomic E-state index is 12.8. The molecule has 0 saturated carbocycles. The highest BCUT2D eigenvalue weighted by Gasteiger charge is 2.26. The van der Waals surface area contributed by atoms with Gasteiger partial charge in [-0.05, 0) is 60.2 Å².